The number of benzene rings is 3. The van der Waals surface area contributed by atoms with Crippen molar-refractivity contribution in [3.05, 3.63) is 113 Å². The summed E-state index contributed by atoms with van der Waals surface area (Å²) in [6.45, 7) is 3.99. The van der Waals surface area contributed by atoms with Gasteiger partial charge in [-0.15, -0.1) is 6.58 Å². The van der Waals surface area contributed by atoms with E-state index in [2.05, 4.69) is 18.0 Å². The first kappa shape index (κ1) is 23.0. The number of amides is 1. The summed E-state index contributed by atoms with van der Waals surface area (Å²) in [7, 11) is 0. The number of nitriles is 2. The average Bonchev–Trinajstić information content (AvgIpc) is 2.83. The quantitative estimate of drug-likeness (QED) is 0.284. The van der Waals surface area contributed by atoms with Gasteiger partial charge in [-0.3, -0.25) is 4.79 Å². The molecule has 0 spiro atoms. The highest BCUT2D eigenvalue weighted by atomic mass is 19.1. The van der Waals surface area contributed by atoms with Crippen molar-refractivity contribution in [3.63, 3.8) is 0 Å². The van der Waals surface area contributed by atoms with Gasteiger partial charge in [0.15, 0.2) is 0 Å². The minimum absolute atomic E-state index is 0.00241. The van der Waals surface area contributed by atoms with Gasteiger partial charge >= 0.3 is 0 Å². The van der Waals surface area contributed by atoms with Crippen molar-refractivity contribution in [3.8, 4) is 17.9 Å². The van der Waals surface area contributed by atoms with Crippen LogP contribution in [0.15, 0.2) is 85.0 Å². The van der Waals surface area contributed by atoms with Crippen LogP contribution in [0.3, 0.4) is 0 Å². The molecule has 0 unspecified atom stereocenters. The highest BCUT2D eigenvalue weighted by molar-refractivity contribution is 6.09. The smallest absolute Gasteiger partial charge is 0.266 e. The Morgan fingerprint density at radius 1 is 1.06 bits per heavy atom. The Labute approximate surface area is 191 Å². The molecule has 33 heavy (non-hydrogen) atoms. The first-order valence-electron chi connectivity index (χ1n) is 10.1. The first-order valence-corrected chi connectivity index (χ1v) is 10.1. The van der Waals surface area contributed by atoms with E-state index in [9.17, 15) is 19.7 Å². The zero-order valence-electron chi connectivity index (χ0n) is 17.7. The van der Waals surface area contributed by atoms with Gasteiger partial charge in [0.05, 0.1) is 17.3 Å². The molecule has 5 nitrogen and oxygen atoms in total. The number of carbonyl (C=O) groups excluding carboxylic acids is 1. The van der Waals surface area contributed by atoms with Crippen molar-refractivity contribution in [1.82, 2.24) is 0 Å². The van der Waals surface area contributed by atoms with E-state index in [4.69, 9.17) is 4.74 Å². The number of carbonyl (C=O) groups is 1. The summed E-state index contributed by atoms with van der Waals surface area (Å²) in [5, 5.41) is 21.1. The van der Waals surface area contributed by atoms with E-state index >= 15 is 0 Å². The zero-order valence-corrected chi connectivity index (χ0v) is 17.7. The Balaban J connectivity index is 1.82. The number of ether oxygens (including phenoxy) is 1. The third-order valence-corrected chi connectivity index (χ3v) is 4.77. The van der Waals surface area contributed by atoms with E-state index in [0.717, 1.165) is 11.1 Å². The van der Waals surface area contributed by atoms with Gasteiger partial charge in [0.2, 0.25) is 0 Å². The minimum atomic E-state index is -0.707. The second-order valence-electron chi connectivity index (χ2n) is 7.02. The Hall–Kier alpha value is -4.68. The fourth-order valence-electron chi connectivity index (χ4n) is 3.12. The lowest BCUT2D eigenvalue weighted by molar-refractivity contribution is -0.112. The number of para-hydroxylation sites is 1. The number of nitrogens with one attached hydrogen (secondary N) is 1. The number of allylic oxidation sites excluding steroid dienone is 1. The van der Waals surface area contributed by atoms with Crippen molar-refractivity contribution in [2.75, 3.05) is 5.32 Å². The zero-order chi connectivity index (χ0) is 23.6. The van der Waals surface area contributed by atoms with Crippen LogP contribution in [0.5, 0.6) is 5.75 Å². The van der Waals surface area contributed by atoms with Crippen LogP contribution in [0.4, 0.5) is 10.1 Å². The molecule has 6 heteroatoms. The third-order valence-electron chi connectivity index (χ3n) is 4.77. The van der Waals surface area contributed by atoms with E-state index in [0.29, 0.717) is 23.3 Å². The molecule has 0 saturated heterocycles. The Morgan fingerprint density at radius 3 is 2.55 bits per heavy atom. The lowest BCUT2D eigenvalue weighted by Crippen LogP contribution is -2.14. The number of hydrogen-bond acceptors (Lipinski definition) is 4. The Kier molecular flexibility index (Phi) is 7.72. The van der Waals surface area contributed by atoms with Gasteiger partial charge < -0.3 is 10.1 Å². The molecular formula is C27H20FN3O2. The maximum Gasteiger partial charge on any atom is 0.266 e. The predicted molar refractivity (Wildman–Crippen MR) is 124 cm³/mol. The fraction of sp³-hybridized carbons (Fsp3) is 0.0741. The standard InChI is InChI=1S/C27H20FN3O2/c1-2-7-20-14-19(12-13-26(20)33-18-22-9-4-3-8-21(22)16-29)15-23(17-30)27(32)31-25-11-6-5-10-24(25)28/h2-6,8-15H,1,7,18H2,(H,31,32)/b23-15-. The summed E-state index contributed by atoms with van der Waals surface area (Å²) in [6, 6.07) is 22.2. The second-order valence-corrected chi connectivity index (χ2v) is 7.02. The molecule has 0 heterocycles. The number of anilines is 1. The largest absolute Gasteiger partial charge is 0.489 e. The number of nitrogens with zero attached hydrogens (tertiary/aromatic N) is 2. The van der Waals surface area contributed by atoms with E-state index in [1.54, 1.807) is 42.5 Å². The molecular weight excluding hydrogens is 417 g/mol. The average molecular weight is 437 g/mol. The molecule has 0 aliphatic carbocycles. The maximum absolute atomic E-state index is 13.8. The molecule has 0 atom stereocenters. The second kappa shape index (κ2) is 11.1. The van der Waals surface area contributed by atoms with Gasteiger partial charge in [-0.2, -0.15) is 10.5 Å². The van der Waals surface area contributed by atoms with Crippen LogP contribution in [-0.2, 0) is 17.8 Å². The lowest BCUT2D eigenvalue weighted by Gasteiger charge is -2.12. The lowest BCUT2D eigenvalue weighted by atomic mass is 10.0. The van der Waals surface area contributed by atoms with E-state index < -0.39 is 11.7 Å². The SMILES string of the molecule is C=CCc1cc(/C=C(/C#N)C(=O)Nc2ccccc2F)ccc1OCc1ccccc1C#N. The predicted octanol–water partition coefficient (Wildman–Crippen LogP) is 5.55. The van der Waals surface area contributed by atoms with Crippen molar-refractivity contribution in [1.29, 1.82) is 10.5 Å². The van der Waals surface area contributed by atoms with Crippen molar-refractivity contribution in [2.24, 2.45) is 0 Å². The topological polar surface area (TPSA) is 85.9 Å². The number of hydrogen-bond donors (Lipinski definition) is 1. The Bertz CT molecular complexity index is 1300. The summed E-state index contributed by atoms with van der Waals surface area (Å²) in [4.78, 5) is 12.5. The van der Waals surface area contributed by atoms with E-state index in [-0.39, 0.29) is 17.9 Å². The van der Waals surface area contributed by atoms with Crippen LogP contribution in [-0.4, -0.2) is 5.91 Å². The summed E-state index contributed by atoms with van der Waals surface area (Å²) in [6.07, 6.45) is 3.65. The molecule has 3 rings (SSSR count). The van der Waals surface area contributed by atoms with E-state index in [1.165, 1.54) is 24.3 Å². The summed E-state index contributed by atoms with van der Waals surface area (Å²) >= 11 is 0. The van der Waals surface area contributed by atoms with Crippen molar-refractivity contribution in [2.45, 2.75) is 13.0 Å². The van der Waals surface area contributed by atoms with Gasteiger partial charge in [-0.05, 0) is 54.0 Å². The van der Waals surface area contributed by atoms with Crippen LogP contribution < -0.4 is 10.1 Å². The summed E-state index contributed by atoms with van der Waals surface area (Å²) < 4.78 is 19.7. The first-order chi connectivity index (χ1) is 16.0. The molecule has 1 amide bonds. The van der Waals surface area contributed by atoms with Gasteiger partial charge in [-0.1, -0.05) is 42.5 Å². The molecule has 162 valence electrons. The van der Waals surface area contributed by atoms with Gasteiger partial charge in [0.25, 0.3) is 5.91 Å². The van der Waals surface area contributed by atoms with Gasteiger partial charge in [-0.25, -0.2) is 4.39 Å². The molecule has 3 aromatic carbocycles. The molecule has 3 aromatic rings. The molecule has 0 aliphatic rings. The minimum Gasteiger partial charge on any atom is -0.489 e. The third kappa shape index (κ3) is 5.94. The van der Waals surface area contributed by atoms with Gasteiger partial charge in [0.1, 0.15) is 29.8 Å². The highest BCUT2D eigenvalue weighted by Crippen LogP contribution is 2.24. The number of halogens is 1. The van der Waals surface area contributed by atoms with Crippen LogP contribution in [0.25, 0.3) is 6.08 Å². The van der Waals surface area contributed by atoms with E-state index in [1.807, 2.05) is 18.2 Å². The van der Waals surface area contributed by atoms with Crippen LogP contribution in [0, 0.1) is 28.5 Å². The maximum atomic E-state index is 13.8. The number of rotatable bonds is 8. The molecule has 0 radical (unpaired) electrons. The molecule has 1 N–H and O–H groups in total. The van der Waals surface area contributed by atoms with Crippen LogP contribution >= 0.6 is 0 Å². The highest BCUT2D eigenvalue weighted by Gasteiger charge is 2.13. The van der Waals surface area contributed by atoms with Crippen molar-refractivity contribution >= 4 is 17.7 Å². The molecule has 0 fully saturated rings. The molecule has 0 aromatic heterocycles. The van der Waals surface area contributed by atoms with Gasteiger partial charge in [0, 0.05) is 5.56 Å². The van der Waals surface area contributed by atoms with Crippen molar-refractivity contribution < 1.29 is 13.9 Å². The molecule has 0 saturated carbocycles. The monoisotopic (exact) mass is 437 g/mol. The molecule has 0 aliphatic heterocycles. The fourth-order valence-corrected chi connectivity index (χ4v) is 3.12. The summed E-state index contributed by atoms with van der Waals surface area (Å²) in [5.74, 6) is -0.689. The summed E-state index contributed by atoms with van der Waals surface area (Å²) in [5.41, 5.74) is 2.56. The van der Waals surface area contributed by atoms with Crippen LogP contribution in [0.1, 0.15) is 22.3 Å². The normalized spacial score (nSPS) is 10.6. The Morgan fingerprint density at radius 2 is 1.82 bits per heavy atom. The van der Waals surface area contributed by atoms with Crippen LogP contribution in [0.2, 0.25) is 0 Å². The molecule has 0 bridgehead atoms.